The summed E-state index contributed by atoms with van der Waals surface area (Å²) in [6, 6.07) is 15.6. The standard InChI is InChI=1S/C23H19N5O8/c1-2-35-18-10-5-16(6-11-18)25-22(29)23(30)26-24-14-15-3-8-19(9-4-15)36-21-12-7-17(27(31)32)13-20(21)28(33)34/h3-14H,2H2,1H3,(H,25,29)(H,26,30). The van der Waals surface area contributed by atoms with Gasteiger partial charge >= 0.3 is 17.5 Å². The van der Waals surface area contributed by atoms with E-state index < -0.39 is 33.0 Å². The number of nitro benzene ring substituents is 2. The zero-order valence-corrected chi connectivity index (χ0v) is 18.7. The van der Waals surface area contributed by atoms with Gasteiger partial charge in [-0.05, 0) is 67.1 Å². The zero-order chi connectivity index (χ0) is 26.1. The number of rotatable bonds is 9. The average molecular weight is 493 g/mol. The monoisotopic (exact) mass is 493 g/mol. The van der Waals surface area contributed by atoms with Crippen LogP contribution >= 0.6 is 0 Å². The Labute approximate surface area is 203 Å². The number of non-ortho nitro benzene ring substituents is 1. The van der Waals surface area contributed by atoms with Crippen molar-refractivity contribution in [2.45, 2.75) is 6.92 Å². The molecule has 3 aromatic rings. The normalized spacial score (nSPS) is 10.5. The van der Waals surface area contributed by atoms with E-state index in [4.69, 9.17) is 9.47 Å². The van der Waals surface area contributed by atoms with E-state index >= 15 is 0 Å². The molecule has 0 radical (unpaired) electrons. The van der Waals surface area contributed by atoms with Gasteiger partial charge in [0.25, 0.3) is 5.69 Å². The van der Waals surface area contributed by atoms with Crippen LogP contribution in [0.15, 0.2) is 71.8 Å². The Hall–Kier alpha value is -5.33. The maximum absolute atomic E-state index is 12.0. The van der Waals surface area contributed by atoms with Crippen molar-refractivity contribution in [1.29, 1.82) is 0 Å². The van der Waals surface area contributed by atoms with Crippen molar-refractivity contribution in [2.24, 2.45) is 5.10 Å². The van der Waals surface area contributed by atoms with Crippen LogP contribution in [0.25, 0.3) is 0 Å². The fraction of sp³-hybridized carbons (Fsp3) is 0.0870. The highest BCUT2D eigenvalue weighted by Gasteiger charge is 2.21. The van der Waals surface area contributed by atoms with Gasteiger partial charge in [0, 0.05) is 11.8 Å². The molecule has 3 rings (SSSR count). The van der Waals surface area contributed by atoms with Crippen molar-refractivity contribution >= 4 is 35.1 Å². The van der Waals surface area contributed by atoms with Crippen molar-refractivity contribution in [2.75, 3.05) is 11.9 Å². The molecule has 0 bridgehead atoms. The number of nitrogens with zero attached hydrogens (tertiary/aromatic N) is 3. The van der Waals surface area contributed by atoms with Crippen LogP contribution in [-0.4, -0.2) is 34.5 Å². The van der Waals surface area contributed by atoms with Crippen molar-refractivity contribution in [1.82, 2.24) is 5.43 Å². The van der Waals surface area contributed by atoms with Crippen LogP contribution in [0.3, 0.4) is 0 Å². The number of hydrogen-bond donors (Lipinski definition) is 2. The minimum Gasteiger partial charge on any atom is -0.494 e. The van der Waals surface area contributed by atoms with Crippen LogP contribution in [-0.2, 0) is 9.59 Å². The molecule has 0 unspecified atom stereocenters. The Kier molecular flexibility index (Phi) is 8.22. The highest BCUT2D eigenvalue weighted by molar-refractivity contribution is 6.39. The number of hydrazone groups is 1. The molecule has 0 saturated carbocycles. The van der Waals surface area contributed by atoms with E-state index in [0.29, 0.717) is 23.6 Å². The average Bonchev–Trinajstić information content (AvgIpc) is 2.86. The number of nitrogens with one attached hydrogen (secondary N) is 2. The smallest absolute Gasteiger partial charge is 0.329 e. The van der Waals surface area contributed by atoms with Crippen molar-refractivity contribution in [3.63, 3.8) is 0 Å². The summed E-state index contributed by atoms with van der Waals surface area (Å²) in [5, 5.41) is 28.2. The van der Waals surface area contributed by atoms with E-state index in [1.54, 1.807) is 36.4 Å². The number of carbonyl (C=O) groups excluding carboxylic acids is 2. The van der Waals surface area contributed by atoms with Crippen LogP contribution in [0.5, 0.6) is 17.2 Å². The largest absolute Gasteiger partial charge is 0.494 e. The summed E-state index contributed by atoms with van der Waals surface area (Å²) in [6.07, 6.45) is 1.28. The van der Waals surface area contributed by atoms with Crippen LogP contribution < -0.4 is 20.2 Å². The van der Waals surface area contributed by atoms with Gasteiger partial charge in [-0.3, -0.25) is 29.8 Å². The summed E-state index contributed by atoms with van der Waals surface area (Å²) in [5.74, 6) is -1.21. The molecule has 0 heterocycles. The Bertz CT molecular complexity index is 1310. The number of nitro groups is 2. The molecule has 0 aliphatic rings. The molecule has 0 aromatic heterocycles. The van der Waals surface area contributed by atoms with Crippen molar-refractivity contribution in [3.05, 3.63) is 92.5 Å². The number of benzene rings is 3. The summed E-state index contributed by atoms with van der Waals surface area (Å²) in [6.45, 7) is 2.35. The van der Waals surface area contributed by atoms with Gasteiger partial charge < -0.3 is 14.8 Å². The summed E-state index contributed by atoms with van der Waals surface area (Å²) < 4.78 is 10.8. The summed E-state index contributed by atoms with van der Waals surface area (Å²) in [7, 11) is 0. The molecular formula is C23H19N5O8. The quantitative estimate of drug-likeness (QED) is 0.196. The van der Waals surface area contributed by atoms with Gasteiger partial charge in [-0.15, -0.1) is 0 Å². The summed E-state index contributed by atoms with van der Waals surface area (Å²) >= 11 is 0. The van der Waals surface area contributed by atoms with Crippen molar-refractivity contribution < 1.29 is 28.9 Å². The number of amides is 2. The van der Waals surface area contributed by atoms with Gasteiger partial charge in [0.05, 0.1) is 28.7 Å². The predicted octanol–water partition coefficient (Wildman–Crippen LogP) is 3.78. The van der Waals surface area contributed by atoms with Crippen LogP contribution in [0, 0.1) is 20.2 Å². The molecule has 0 saturated heterocycles. The third kappa shape index (κ3) is 6.84. The second-order valence-electron chi connectivity index (χ2n) is 6.95. The molecule has 2 amide bonds. The van der Waals surface area contributed by atoms with Gasteiger partial charge in [-0.2, -0.15) is 5.10 Å². The maximum atomic E-state index is 12.0. The molecule has 0 aliphatic carbocycles. The lowest BCUT2D eigenvalue weighted by atomic mass is 10.2. The molecule has 0 aliphatic heterocycles. The Morgan fingerprint density at radius 1 is 0.917 bits per heavy atom. The van der Waals surface area contributed by atoms with Crippen LogP contribution in [0.2, 0.25) is 0 Å². The third-order valence-electron chi connectivity index (χ3n) is 4.47. The number of carbonyl (C=O) groups is 2. The maximum Gasteiger partial charge on any atom is 0.329 e. The lowest BCUT2D eigenvalue weighted by Gasteiger charge is -2.07. The third-order valence-corrected chi connectivity index (χ3v) is 4.47. The second-order valence-corrected chi connectivity index (χ2v) is 6.95. The van der Waals surface area contributed by atoms with E-state index in [9.17, 15) is 29.8 Å². The van der Waals surface area contributed by atoms with Gasteiger partial charge in [-0.25, -0.2) is 5.43 Å². The molecule has 0 fully saturated rings. The Morgan fingerprint density at radius 2 is 1.58 bits per heavy atom. The zero-order valence-electron chi connectivity index (χ0n) is 18.7. The van der Waals surface area contributed by atoms with E-state index in [2.05, 4.69) is 15.8 Å². The summed E-state index contributed by atoms with van der Waals surface area (Å²) in [5.41, 5.74) is 2.04. The minimum absolute atomic E-state index is 0.169. The second kappa shape index (κ2) is 11.7. The SMILES string of the molecule is CCOc1ccc(NC(=O)C(=O)NN=Cc2ccc(Oc3ccc([N+](=O)[O-])cc3[N+](=O)[O-])cc2)cc1. The fourth-order valence-electron chi connectivity index (χ4n) is 2.80. The van der Waals surface area contributed by atoms with Gasteiger partial charge in [0.15, 0.2) is 0 Å². The van der Waals surface area contributed by atoms with E-state index in [0.717, 1.165) is 18.2 Å². The first-order chi connectivity index (χ1) is 17.3. The highest BCUT2D eigenvalue weighted by atomic mass is 16.6. The number of hydrogen-bond acceptors (Lipinski definition) is 9. The van der Waals surface area contributed by atoms with E-state index in [-0.39, 0.29) is 11.5 Å². The van der Waals surface area contributed by atoms with Crippen LogP contribution in [0.1, 0.15) is 12.5 Å². The first-order valence-electron chi connectivity index (χ1n) is 10.3. The van der Waals surface area contributed by atoms with E-state index in [1.165, 1.54) is 18.3 Å². The van der Waals surface area contributed by atoms with Gasteiger partial charge in [-0.1, -0.05) is 0 Å². The predicted molar refractivity (Wildman–Crippen MR) is 128 cm³/mol. The number of anilines is 1. The first kappa shape index (κ1) is 25.3. The van der Waals surface area contributed by atoms with Gasteiger partial charge in [0.1, 0.15) is 11.5 Å². The van der Waals surface area contributed by atoms with E-state index in [1.807, 2.05) is 6.92 Å². The van der Waals surface area contributed by atoms with Crippen molar-refractivity contribution in [3.8, 4) is 17.2 Å². The molecule has 36 heavy (non-hydrogen) atoms. The molecule has 184 valence electrons. The number of ether oxygens (including phenoxy) is 2. The molecule has 0 atom stereocenters. The molecule has 0 spiro atoms. The lowest BCUT2D eigenvalue weighted by molar-refractivity contribution is -0.394. The molecule has 2 N–H and O–H groups in total. The molecule has 13 nitrogen and oxygen atoms in total. The molecular weight excluding hydrogens is 474 g/mol. The minimum atomic E-state index is -0.981. The fourth-order valence-corrected chi connectivity index (χ4v) is 2.80. The van der Waals surface area contributed by atoms with Crippen LogP contribution in [0.4, 0.5) is 17.1 Å². The molecule has 3 aromatic carbocycles. The Morgan fingerprint density at radius 3 is 2.19 bits per heavy atom. The summed E-state index contributed by atoms with van der Waals surface area (Å²) in [4.78, 5) is 44.5. The molecule has 13 heteroatoms. The topological polar surface area (TPSA) is 175 Å². The Balaban J connectivity index is 1.56. The van der Waals surface area contributed by atoms with Gasteiger partial charge in [0.2, 0.25) is 5.75 Å². The lowest BCUT2D eigenvalue weighted by Crippen LogP contribution is -2.32. The first-order valence-corrected chi connectivity index (χ1v) is 10.3. The highest BCUT2D eigenvalue weighted by Crippen LogP contribution is 2.34.